The van der Waals surface area contributed by atoms with Crippen LogP contribution < -0.4 is 4.90 Å². The van der Waals surface area contributed by atoms with E-state index in [0.29, 0.717) is 29.6 Å². The summed E-state index contributed by atoms with van der Waals surface area (Å²) in [5.41, 5.74) is 0.437. The number of hydrogen-bond acceptors (Lipinski definition) is 9. The van der Waals surface area contributed by atoms with E-state index in [9.17, 15) is 14.4 Å². The van der Waals surface area contributed by atoms with Gasteiger partial charge in [-0.05, 0) is 26.1 Å². The van der Waals surface area contributed by atoms with Crippen molar-refractivity contribution in [3.63, 3.8) is 0 Å². The number of rotatable bonds is 4. The van der Waals surface area contributed by atoms with E-state index in [-0.39, 0.29) is 12.1 Å². The maximum atomic E-state index is 12.8. The minimum Gasteiger partial charge on any atom is -0.481 e. The number of aliphatic carboxylic acids is 1. The van der Waals surface area contributed by atoms with Gasteiger partial charge in [0, 0.05) is 44.8 Å². The minimum absolute atomic E-state index is 0.144. The van der Waals surface area contributed by atoms with E-state index < -0.39 is 30.3 Å². The molecule has 0 unspecified atom stereocenters. The number of hydrogen-bond donors (Lipinski definition) is 2. The van der Waals surface area contributed by atoms with Crippen LogP contribution in [-0.2, 0) is 9.53 Å². The monoisotopic (exact) mass is 492 g/mol. The number of carboxylic acids is 1. The lowest BCUT2D eigenvalue weighted by atomic mass is 10.3. The lowest BCUT2D eigenvalue weighted by Gasteiger charge is -2.33. The van der Waals surface area contributed by atoms with Gasteiger partial charge in [-0.25, -0.2) is 19.7 Å². The average molecular weight is 493 g/mol. The van der Waals surface area contributed by atoms with Crippen LogP contribution in [0.15, 0.2) is 30.7 Å². The number of amides is 2. The number of aromatic nitrogens is 3. The molecular weight excluding hydrogens is 468 g/mol. The number of anilines is 1. The molecule has 12 nitrogen and oxygen atoms in total. The fraction of sp³-hybridized carbons (Fsp3) is 0.429. The highest BCUT2D eigenvalue weighted by atomic mass is 35.5. The SMILES string of the molecule is CN1CCN(C(=O)O[C@H]2c3nccnc3C(=O)N2c2ccc(Cl)cn2)CC1.C[C@@H](O)CC(=O)O. The highest BCUT2D eigenvalue weighted by Crippen LogP contribution is 2.35. The molecule has 0 aliphatic carbocycles. The summed E-state index contributed by atoms with van der Waals surface area (Å²) in [7, 11) is 2.00. The Hall–Kier alpha value is -3.35. The van der Waals surface area contributed by atoms with Crippen molar-refractivity contribution in [3.05, 3.63) is 47.1 Å². The summed E-state index contributed by atoms with van der Waals surface area (Å²) in [5.74, 6) is -1.08. The highest BCUT2D eigenvalue weighted by Gasteiger charge is 2.44. The first-order valence-corrected chi connectivity index (χ1v) is 10.8. The molecule has 1 fully saturated rings. The molecule has 2 aromatic rings. The van der Waals surface area contributed by atoms with E-state index in [1.807, 2.05) is 7.05 Å². The molecule has 13 heteroatoms. The molecule has 0 radical (unpaired) electrons. The average Bonchev–Trinajstić information content (AvgIpc) is 3.06. The maximum Gasteiger partial charge on any atom is 0.412 e. The maximum absolute atomic E-state index is 12.8. The Morgan fingerprint density at radius 1 is 1.18 bits per heavy atom. The summed E-state index contributed by atoms with van der Waals surface area (Å²) >= 11 is 5.89. The quantitative estimate of drug-likeness (QED) is 0.641. The Kier molecular flexibility index (Phi) is 8.31. The number of piperazine rings is 1. The van der Waals surface area contributed by atoms with Gasteiger partial charge >= 0.3 is 12.1 Å². The molecule has 4 heterocycles. The van der Waals surface area contributed by atoms with Crippen molar-refractivity contribution < 1.29 is 29.3 Å². The van der Waals surface area contributed by atoms with Gasteiger partial charge in [-0.3, -0.25) is 14.6 Å². The molecule has 2 aliphatic rings. The number of carbonyl (C=O) groups excluding carboxylic acids is 2. The number of aliphatic hydroxyl groups is 1. The first kappa shape index (κ1) is 25.3. The van der Waals surface area contributed by atoms with Crippen molar-refractivity contribution in [2.45, 2.75) is 25.7 Å². The Bertz CT molecular complexity index is 1030. The molecule has 34 heavy (non-hydrogen) atoms. The number of carboxylic acid groups (broad SMARTS) is 1. The third-order valence-electron chi connectivity index (χ3n) is 5.02. The van der Waals surface area contributed by atoms with E-state index in [0.717, 1.165) is 13.1 Å². The van der Waals surface area contributed by atoms with E-state index >= 15 is 0 Å². The first-order chi connectivity index (χ1) is 16.2. The smallest absolute Gasteiger partial charge is 0.412 e. The second-order valence-electron chi connectivity index (χ2n) is 7.77. The largest absolute Gasteiger partial charge is 0.481 e. The third kappa shape index (κ3) is 6.16. The van der Waals surface area contributed by atoms with Crippen molar-refractivity contribution in [3.8, 4) is 0 Å². The Labute approximate surface area is 200 Å². The first-order valence-electron chi connectivity index (χ1n) is 10.5. The fourth-order valence-electron chi connectivity index (χ4n) is 3.29. The minimum atomic E-state index is -1.03. The van der Waals surface area contributed by atoms with Crippen molar-refractivity contribution in [1.82, 2.24) is 24.8 Å². The van der Waals surface area contributed by atoms with Crippen molar-refractivity contribution in [1.29, 1.82) is 0 Å². The molecule has 182 valence electrons. The van der Waals surface area contributed by atoms with Gasteiger partial charge in [0.25, 0.3) is 5.91 Å². The van der Waals surface area contributed by atoms with Crippen LogP contribution in [0.25, 0.3) is 0 Å². The number of carbonyl (C=O) groups is 3. The third-order valence-corrected chi connectivity index (χ3v) is 5.24. The molecule has 2 aromatic heterocycles. The lowest BCUT2D eigenvalue weighted by Crippen LogP contribution is -2.48. The van der Waals surface area contributed by atoms with Crippen LogP contribution in [0.1, 0.15) is 35.8 Å². The molecule has 2 amide bonds. The van der Waals surface area contributed by atoms with Crippen molar-refractivity contribution in [2.75, 3.05) is 38.1 Å². The second kappa shape index (κ2) is 11.2. The van der Waals surface area contributed by atoms with E-state index in [1.54, 1.807) is 17.0 Å². The lowest BCUT2D eigenvalue weighted by molar-refractivity contribution is -0.138. The summed E-state index contributed by atoms with van der Waals surface area (Å²) in [6, 6.07) is 3.20. The summed E-state index contributed by atoms with van der Waals surface area (Å²) in [6.07, 6.45) is 1.89. The van der Waals surface area contributed by atoms with Gasteiger partial charge in [-0.15, -0.1) is 0 Å². The molecule has 0 saturated carbocycles. The number of nitrogens with zero attached hydrogens (tertiary/aromatic N) is 6. The topological polar surface area (TPSA) is 149 Å². The van der Waals surface area contributed by atoms with Gasteiger partial charge in [0.05, 0.1) is 17.5 Å². The molecule has 0 bridgehead atoms. The number of halogens is 1. The van der Waals surface area contributed by atoms with Crippen LogP contribution in [-0.4, -0.2) is 92.3 Å². The van der Waals surface area contributed by atoms with Crippen LogP contribution in [0.3, 0.4) is 0 Å². The van der Waals surface area contributed by atoms with Gasteiger partial charge in [0.15, 0.2) is 5.69 Å². The van der Waals surface area contributed by atoms with Crippen LogP contribution in [0.4, 0.5) is 10.6 Å². The normalized spacial score (nSPS) is 18.6. The van der Waals surface area contributed by atoms with Gasteiger partial charge in [0.1, 0.15) is 11.5 Å². The van der Waals surface area contributed by atoms with Crippen LogP contribution in [0, 0.1) is 0 Å². The zero-order chi connectivity index (χ0) is 24.8. The van der Waals surface area contributed by atoms with Crippen LogP contribution in [0.2, 0.25) is 5.02 Å². The number of ether oxygens (including phenoxy) is 1. The molecule has 2 aliphatic heterocycles. The summed E-state index contributed by atoms with van der Waals surface area (Å²) in [4.78, 5) is 52.7. The molecule has 2 N–H and O–H groups in total. The molecule has 0 aromatic carbocycles. The molecular formula is C21H25ClN6O6. The van der Waals surface area contributed by atoms with Crippen molar-refractivity contribution in [2.24, 2.45) is 0 Å². The molecule has 1 saturated heterocycles. The van der Waals surface area contributed by atoms with Gasteiger partial charge in [-0.1, -0.05) is 11.6 Å². The van der Waals surface area contributed by atoms with E-state index in [4.69, 9.17) is 26.6 Å². The summed E-state index contributed by atoms with van der Waals surface area (Å²) in [5, 5.41) is 16.7. The van der Waals surface area contributed by atoms with Crippen molar-refractivity contribution >= 4 is 35.4 Å². The van der Waals surface area contributed by atoms with Crippen LogP contribution >= 0.6 is 11.6 Å². The zero-order valence-electron chi connectivity index (χ0n) is 18.7. The molecule has 0 spiro atoms. The van der Waals surface area contributed by atoms with Gasteiger partial charge in [0.2, 0.25) is 6.23 Å². The fourth-order valence-corrected chi connectivity index (χ4v) is 3.40. The van der Waals surface area contributed by atoms with Gasteiger partial charge < -0.3 is 24.7 Å². The second-order valence-corrected chi connectivity index (χ2v) is 8.21. The number of pyridine rings is 1. The highest BCUT2D eigenvalue weighted by molar-refractivity contribution is 6.30. The Morgan fingerprint density at radius 2 is 1.85 bits per heavy atom. The zero-order valence-corrected chi connectivity index (χ0v) is 19.4. The Balaban J connectivity index is 0.000000406. The number of fused-ring (bicyclic) bond motifs is 1. The standard InChI is InChI=1S/C17H17ClN6O3.C4H8O3/c1-22-6-8-23(9-7-22)17(26)27-16-14-13(19-4-5-20-14)15(25)24(16)12-3-2-11(18)10-21-12;1-3(5)2-4(6)7/h2-5,10,16H,6-9H2,1H3;3,5H,2H2,1H3,(H,6,7)/t16-;3-/m01/s1. The molecule has 2 atom stereocenters. The Morgan fingerprint density at radius 3 is 2.41 bits per heavy atom. The summed E-state index contributed by atoms with van der Waals surface area (Å²) < 4.78 is 5.68. The number of likely N-dealkylation sites (N-methyl/N-ethyl adjacent to an activating group) is 1. The summed E-state index contributed by atoms with van der Waals surface area (Å²) in [6.45, 7) is 4.08. The predicted molar refractivity (Wildman–Crippen MR) is 120 cm³/mol. The predicted octanol–water partition coefficient (Wildman–Crippen LogP) is 1.41. The van der Waals surface area contributed by atoms with Gasteiger partial charge in [-0.2, -0.15) is 0 Å². The number of aliphatic hydroxyl groups excluding tert-OH is 1. The van der Waals surface area contributed by atoms with E-state index in [2.05, 4.69) is 19.9 Å². The van der Waals surface area contributed by atoms with E-state index in [1.165, 1.54) is 30.4 Å². The van der Waals surface area contributed by atoms with Crippen LogP contribution in [0.5, 0.6) is 0 Å². The molecule has 4 rings (SSSR count).